The van der Waals surface area contributed by atoms with Crippen molar-refractivity contribution in [1.82, 2.24) is 5.43 Å². The molecule has 3 aromatic carbocycles. The molecule has 1 amide bonds. The van der Waals surface area contributed by atoms with Crippen LogP contribution < -0.4 is 14.9 Å². The molecule has 142 valence electrons. The molecule has 28 heavy (non-hydrogen) atoms. The van der Waals surface area contributed by atoms with E-state index in [0.717, 1.165) is 11.1 Å². The van der Waals surface area contributed by atoms with Gasteiger partial charge in [0.05, 0.1) is 13.3 Å². The lowest BCUT2D eigenvalue weighted by Gasteiger charge is -2.07. The summed E-state index contributed by atoms with van der Waals surface area (Å²) in [6, 6.07) is 20.1. The molecule has 0 radical (unpaired) electrons. The molecule has 3 aromatic rings. The maximum atomic E-state index is 12.9. The third kappa shape index (κ3) is 5.41. The van der Waals surface area contributed by atoms with Crippen molar-refractivity contribution in [3.63, 3.8) is 0 Å². The van der Waals surface area contributed by atoms with E-state index in [0.29, 0.717) is 23.7 Å². The van der Waals surface area contributed by atoms with Crippen LogP contribution in [0.5, 0.6) is 11.5 Å². The van der Waals surface area contributed by atoms with Crippen molar-refractivity contribution in [3.05, 3.63) is 95.3 Å². The number of hydrazone groups is 1. The monoisotopic (exact) mass is 378 g/mol. The molecule has 3 rings (SSSR count). The summed E-state index contributed by atoms with van der Waals surface area (Å²) in [5.74, 6) is 0.713. The van der Waals surface area contributed by atoms with Crippen LogP contribution in [0.1, 0.15) is 21.5 Å². The molecule has 0 atom stereocenters. The minimum Gasteiger partial charge on any atom is -0.497 e. The minimum atomic E-state index is -0.329. The molecule has 0 unspecified atom stereocenters. The predicted molar refractivity (Wildman–Crippen MR) is 105 cm³/mol. The van der Waals surface area contributed by atoms with E-state index in [1.165, 1.54) is 12.1 Å². The highest BCUT2D eigenvalue weighted by Gasteiger charge is 2.05. The van der Waals surface area contributed by atoms with E-state index in [2.05, 4.69) is 10.5 Å². The summed E-state index contributed by atoms with van der Waals surface area (Å²) in [7, 11) is 1.59. The van der Waals surface area contributed by atoms with Crippen molar-refractivity contribution < 1.29 is 18.7 Å². The Labute approximate surface area is 162 Å². The highest BCUT2D eigenvalue weighted by atomic mass is 19.1. The number of hydrogen-bond acceptors (Lipinski definition) is 4. The Morgan fingerprint density at radius 1 is 1.04 bits per heavy atom. The van der Waals surface area contributed by atoms with Gasteiger partial charge in [-0.3, -0.25) is 4.79 Å². The first-order valence-electron chi connectivity index (χ1n) is 8.59. The van der Waals surface area contributed by atoms with Crippen molar-refractivity contribution in [2.24, 2.45) is 5.10 Å². The van der Waals surface area contributed by atoms with Crippen LogP contribution in [0.2, 0.25) is 0 Å². The second kappa shape index (κ2) is 9.32. The van der Waals surface area contributed by atoms with Gasteiger partial charge < -0.3 is 9.47 Å². The van der Waals surface area contributed by atoms with Crippen LogP contribution in [0.4, 0.5) is 4.39 Å². The SMILES string of the molecule is COc1cccc(C=NNC(=O)c2ccc(OCc3ccc(F)cc3)cc2)c1. The van der Waals surface area contributed by atoms with Crippen LogP contribution in [0.25, 0.3) is 0 Å². The Kier molecular flexibility index (Phi) is 6.36. The smallest absolute Gasteiger partial charge is 0.271 e. The molecule has 0 heterocycles. The topological polar surface area (TPSA) is 59.9 Å². The number of ether oxygens (including phenoxy) is 2. The maximum absolute atomic E-state index is 12.9. The highest BCUT2D eigenvalue weighted by molar-refractivity contribution is 5.95. The van der Waals surface area contributed by atoms with Gasteiger partial charge in [0.15, 0.2) is 0 Å². The largest absolute Gasteiger partial charge is 0.497 e. The van der Waals surface area contributed by atoms with Crippen LogP contribution in [0, 0.1) is 5.82 Å². The summed E-state index contributed by atoms with van der Waals surface area (Å²) in [6.45, 7) is 0.316. The Morgan fingerprint density at radius 2 is 1.79 bits per heavy atom. The molecule has 5 nitrogen and oxygen atoms in total. The van der Waals surface area contributed by atoms with Gasteiger partial charge in [0.25, 0.3) is 5.91 Å². The Bertz CT molecular complexity index is 954. The second-order valence-electron chi connectivity index (χ2n) is 5.92. The Morgan fingerprint density at radius 3 is 2.50 bits per heavy atom. The maximum Gasteiger partial charge on any atom is 0.271 e. The summed E-state index contributed by atoms with van der Waals surface area (Å²) in [5, 5.41) is 3.96. The molecule has 0 spiro atoms. The van der Waals surface area contributed by atoms with Gasteiger partial charge in [-0.05, 0) is 59.7 Å². The molecule has 0 aliphatic carbocycles. The van der Waals surface area contributed by atoms with Gasteiger partial charge >= 0.3 is 0 Å². The molecule has 0 aromatic heterocycles. The van der Waals surface area contributed by atoms with Crippen molar-refractivity contribution in [2.75, 3.05) is 7.11 Å². The normalized spacial score (nSPS) is 10.6. The first-order chi connectivity index (χ1) is 13.6. The van der Waals surface area contributed by atoms with Crippen molar-refractivity contribution >= 4 is 12.1 Å². The lowest BCUT2D eigenvalue weighted by molar-refractivity contribution is 0.0955. The molecule has 0 aliphatic rings. The molecule has 0 bridgehead atoms. The first kappa shape index (κ1) is 19.1. The number of hydrogen-bond donors (Lipinski definition) is 1. The average Bonchev–Trinajstić information content (AvgIpc) is 2.74. The van der Waals surface area contributed by atoms with E-state index in [-0.39, 0.29) is 11.7 Å². The zero-order valence-corrected chi connectivity index (χ0v) is 15.3. The predicted octanol–water partition coefficient (Wildman–Crippen LogP) is 4.18. The third-order valence-electron chi connectivity index (χ3n) is 3.91. The van der Waals surface area contributed by atoms with E-state index in [4.69, 9.17) is 9.47 Å². The summed E-state index contributed by atoms with van der Waals surface area (Å²) >= 11 is 0. The van der Waals surface area contributed by atoms with Crippen LogP contribution in [0.3, 0.4) is 0 Å². The summed E-state index contributed by atoms with van der Waals surface area (Å²) in [6.07, 6.45) is 1.54. The van der Waals surface area contributed by atoms with E-state index < -0.39 is 0 Å². The lowest BCUT2D eigenvalue weighted by Crippen LogP contribution is -2.17. The fourth-order valence-corrected chi connectivity index (χ4v) is 2.40. The zero-order chi connectivity index (χ0) is 19.8. The van der Waals surface area contributed by atoms with Crippen LogP contribution in [-0.4, -0.2) is 19.2 Å². The minimum absolute atomic E-state index is 0.284. The zero-order valence-electron chi connectivity index (χ0n) is 15.3. The number of rotatable bonds is 7. The summed E-state index contributed by atoms with van der Waals surface area (Å²) in [4.78, 5) is 12.2. The quantitative estimate of drug-likeness (QED) is 0.496. The number of nitrogens with zero attached hydrogens (tertiary/aromatic N) is 1. The van der Waals surface area contributed by atoms with Crippen LogP contribution in [-0.2, 0) is 6.61 Å². The lowest BCUT2D eigenvalue weighted by atomic mass is 10.2. The van der Waals surface area contributed by atoms with E-state index in [1.807, 2.05) is 24.3 Å². The highest BCUT2D eigenvalue weighted by Crippen LogP contribution is 2.15. The molecule has 1 N–H and O–H groups in total. The molecule has 0 fully saturated rings. The fourth-order valence-electron chi connectivity index (χ4n) is 2.40. The fraction of sp³-hybridized carbons (Fsp3) is 0.0909. The van der Waals surface area contributed by atoms with Gasteiger partial charge in [-0.15, -0.1) is 0 Å². The van der Waals surface area contributed by atoms with Crippen molar-refractivity contribution in [3.8, 4) is 11.5 Å². The van der Waals surface area contributed by atoms with E-state index in [9.17, 15) is 9.18 Å². The van der Waals surface area contributed by atoms with E-state index in [1.54, 1.807) is 49.7 Å². The standard InChI is InChI=1S/C22H19FN2O3/c1-27-21-4-2-3-17(13-21)14-24-25-22(26)18-7-11-20(12-8-18)28-15-16-5-9-19(23)10-6-16/h2-14H,15H2,1H3,(H,25,26). The van der Waals surface area contributed by atoms with Gasteiger partial charge in [0.2, 0.25) is 0 Å². The van der Waals surface area contributed by atoms with Gasteiger partial charge in [0.1, 0.15) is 23.9 Å². The van der Waals surface area contributed by atoms with Crippen LogP contribution in [0.15, 0.2) is 77.9 Å². The van der Waals surface area contributed by atoms with Gasteiger partial charge in [-0.2, -0.15) is 5.10 Å². The number of carbonyl (C=O) groups excluding carboxylic acids is 1. The molecular weight excluding hydrogens is 359 g/mol. The summed E-state index contributed by atoms with van der Waals surface area (Å²) < 4.78 is 23.7. The molecule has 0 saturated heterocycles. The first-order valence-corrected chi connectivity index (χ1v) is 8.59. The average molecular weight is 378 g/mol. The van der Waals surface area contributed by atoms with E-state index >= 15 is 0 Å². The number of halogens is 1. The van der Waals surface area contributed by atoms with Gasteiger partial charge in [-0.25, -0.2) is 9.82 Å². The molecule has 0 aliphatic heterocycles. The molecule has 6 heteroatoms. The number of benzene rings is 3. The second-order valence-corrected chi connectivity index (χ2v) is 5.92. The number of carbonyl (C=O) groups is 1. The Hall–Kier alpha value is -3.67. The van der Waals surface area contributed by atoms with Gasteiger partial charge in [-0.1, -0.05) is 24.3 Å². The third-order valence-corrected chi connectivity index (χ3v) is 3.91. The van der Waals surface area contributed by atoms with Gasteiger partial charge in [0, 0.05) is 5.56 Å². The molecular formula is C22H19FN2O3. The van der Waals surface area contributed by atoms with Crippen molar-refractivity contribution in [2.45, 2.75) is 6.61 Å². The number of nitrogens with one attached hydrogen (secondary N) is 1. The molecule has 0 saturated carbocycles. The number of amides is 1. The summed E-state index contributed by atoms with van der Waals surface area (Å²) in [5.41, 5.74) is 4.60. The number of methoxy groups -OCH3 is 1. The van der Waals surface area contributed by atoms with Crippen LogP contribution >= 0.6 is 0 Å². The Balaban J connectivity index is 1.52. The van der Waals surface area contributed by atoms with Crippen molar-refractivity contribution in [1.29, 1.82) is 0 Å².